The molecule has 4 rings (SSSR count). The molecule has 0 N–H and O–H groups in total. The first-order valence-corrected chi connectivity index (χ1v) is 10.6. The average molecular weight is 445 g/mol. The molecule has 3 aromatic rings. The number of carbonyl (C=O) groups excluding carboxylic acids is 2. The fraction of sp³-hybridized carbons (Fsp3) is 0.192. The molecule has 3 aromatic carbocycles. The van der Waals surface area contributed by atoms with Crippen molar-refractivity contribution in [2.75, 3.05) is 25.6 Å². The van der Waals surface area contributed by atoms with E-state index in [1.807, 2.05) is 43.3 Å². The number of para-hydroxylation sites is 1. The minimum absolute atomic E-state index is 0.267. The van der Waals surface area contributed by atoms with Crippen molar-refractivity contribution in [2.45, 2.75) is 12.5 Å². The highest BCUT2D eigenvalue weighted by atomic mass is 19.1. The molecule has 0 aromatic heterocycles. The van der Waals surface area contributed by atoms with Crippen molar-refractivity contribution < 1.29 is 18.7 Å². The Balaban J connectivity index is 1.60. The Bertz CT molecular complexity index is 1170. The van der Waals surface area contributed by atoms with Crippen LogP contribution in [0.1, 0.15) is 33.9 Å². The van der Waals surface area contributed by atoms with Crippen molar-refractivity contribution in [2.24, 2.45) is 5.10 Å². The van der Waals surface area contributed by atoms with Gasteiger partial charge in [-0.15, -0.1) is 0 Å². The lowest BCUT2D eigenvalue weighted by Gasteiger charge is -2.23. The third-order valence-electron chi connectivity index (χ3n) is 5.53. The van der Waals surface area contributed by atoms with Gasteiger partial charge in [-0.3, -0.25) is 9.59 Å². The van der Waals surface area contributed by atoms with E-state index in [1.54, 1.807) is 36.4 Å². The van der Waals surface area contributed by atoms with Gasteiger partial charge in [-0.05, 0) is 47.5 Å². The summed E-state index contributed by atoms with van der Waals surface area (Å²) in [6.45, 7) is -0.267. The second kappa shape index (κ2) is 9.65. The first kappa shape index (κ1) is 22.2. The number of anilines is 1. The molecule has 1 amide bonds. The molecule has 33 heavy (non-hydrogen) atoms. The predicted molar refractivity (Wildman–Crippen MR) is 125 cm³/mol. The fourth-order valence-electron chi connectivity index (χ4n) is 3.73. The van der Waals surface area contributed by atoms with E-state index in [4.69, 9.17) is 4.74 Å². The quantitative estimate of drug-likeness (QED) is 0.504. The van der Waals surface area contributed by atoms with Gasteiger partial charge in [0.1, 0.15) is 11.6 Å². The number of amides is 1. The molecule has 0 radical (unpaired) electrons. The summed E-state index contributed by atoms with van der Waals surface area (Å²) in [6, 6.07) is 20.4. The largest absolute Gasteiger partial charge is 0.483 e. The van der Waals surface area contributed by atoms with Gasteiger partial charge < -0.3 is 9.64 Å². The van der Waals surface area contributed by atoms with Crippen molar-refractivity contribution in [3.8, 4) is 5.75 Å². The zero-order valence-electron chi connectivity index (χ0n) is 18.4. The topological polar surface area (TPSA) is 62.2 Å². The number of carbonyl (C=O) groups is 2. The highest BCUT2D eigenvalue weighted by molar-refractivity contribution is 6.03. The molecule has 1 unspecified atom stereocenters. The maximum atomic E-state index is 13.4. The molecule has 1 heterocycles. The van der Waals surface area contributed by atoms with E-state index in [0.29, 0.717) is 29.7 Å². The number of hydrazone groups is 1. The van der Waals surface area contributed by atoms with Crippen LogP contribution in [0.4, 0.5) is 10.1 Å². The van der Waals surface area contributed by atoms with Crippen LogP contribution in [0, 0.1) is 5.82 Å². The van der Waals surface area contributed by atoms with Gasteiger partial charge >= 0.3 is 0 Å². The summed E-state index contributed by atoms with van der Waals surface area (Å²) in [7, 11) is 3.93. The van der Waals surface area contributed by atoms with Crippen molar-refractivity contribution in [3.63, 3.8) is 0 Å². The monoisotopic (exact) mass is 445 g/mol. The molecule has 0 fully saturated rings. The lowest BCUT2D eigenvalue weighted by atomic mass is 9.98. The molecule has 1 atom stereocenters. The molecule has 0 saturated carbocycles. The van der Waals surface area contributed by atoms with Crippen LogP contribution in [-0.2, 0) is 4.79 Å². The molecule has 6 nitrogen and oxygen atoms in total. The van der Waals surface area contributed by atoms with Gasteiger partial charge in [0.2, 0.25) is 0 Å². The SMILES string of the molecule is CN(C)c1ccc(C2CC(c3ccc(F)cc3)=NN2C(=O)COc2ccccc2C=O)cc1. The highest BCUT2D eigenvalue weighted by Gasteiger charge is 2.33. The molecule has 0 bridgehead atoms. The van der Waals surface area contributed by atoms with Crippen LogP contribution >= 0.6 is 0 Å². The van der Waals surface area contributed by atoms with Crippen LogP contribution in [0.5, 0.6) is 5.75 Å². The van der Waals surface area contributed by atoms with Gasteiger partial charge in [-0.2, -0.15) is 5.10 Å². The van der Waals surface area contributed by atoms with E-state index < -0.39 is 0 Å². The van der Waals surface area contributed by atoms with Crippen molar-refractivity contribution in [1.29, 1.82) is 0 Å². The van der Waals surface area contributed by atoms with Crippen molar-refractivity contribution in [3.05, 3.63) is 95.3 Å². The lowest BCUT2D eigenvalue weighted by Crippen LogP contribution is -2.31. The molecule has 0 spiro atoms. The number of halogens is 1. The Morgan fingerprint density at radius 2 is 1.79 bits per heavy atom. The normalized spacial score (nSPS) is 15.2. The Morgan fingerprint density at radius 1 is 1.09 bits per heavy atom. The number of nitrogens with zero attached hydrogens (tertiary/aromatic N) is 3. The number of hydrogen-bond acceptors (Lipinski definition) is 5. The number of aldehydes is 1. The molecule has 0 saturated heterocycles. The van der Waals surface area contributed by atoms with Crippen LogP contribution in [0.2, 0.25) is 0 Å². The van der Waals surface area contributed by atoms with Gasteiger partial charge in [-0.25, -0.2) is 9.40 Å². The van der Waals surface area contributed by atoms with Crippen LogP contribution in [-0.4, -0.2) is 43.6 Å². The number of benzene rings is 3. The number of rotatable bonds is 7. The minimum atomic E-state index is -0.338. The molecule has 7 heteroatoms. The fourth-order valence-corrected chi connectivity index (χ4v) is 3.73. The smallest absolute Gasteiger partial charge is 0.281 e. The first-order chi connectivity index (χ1) is 16.0. The van der Waals surface area contributed by atoms with E-state index in [2.05, 4.69) is 5.10 Å². The van der Waals surface area contributed by atoms with Crippen molar-refractivity contribution >= 4 is 23.6 Å². The third kappa shape index (κ3) is 4.92. The Morgan fingerprint density at radius 3 is 2.45 bits per heavy atom. The lowest BCUT2D eigenvalue weighted by molar-refractivity contribution is -0.135. The summed E-state index contributed by atoms with van der Waals surface area (Å²) < 4.78 is 19.0. The average Bonchev–Trinajstić information content (AvgIpc) is 3.29. The first-order valence-electron chi connectivity index (χ1n) is 10.6. The van der Waals surface area contributed by atoms with Gasteiger partial charge in [-0.1, -0.05) is 36.4 Å². The Kier molecular flexibility index (Phi) is 6.49. The summed E-state index contributed by atoms with van der Waals surface area (Å²) >= 11 is 0. The van der Waals surface area contributed by atoms with E-state index >= 15 is 0 Å². The van der Waals surface area contributed by atoms with E-state index in [1.165, 1.54) is 17.1 Å². The maximum absolute atomic E-state index is 13.4. The van der Waals surface area contributed by atoms with Gasteiger partial charge in [0.15, 0.2) is 12.9 Å². The summed E-state index contributed by atoms with van der Waals surface area (Å²) in [5.74, 6) is -0.326. The second-order valence-electron chi connectivity index (χ2n) is 7.94. The highest BCUT2D eigenvalue weighted by Crippen LogP contribution is 2.34. The summed E-state index contributed by atoms with van der Waals surface area (Å²) in [4.78, 5) is 26.4. The standard InChI is InChI=1S/C26H24FN3O3/c1-29(2)22-13-9-19(10-14-22)24-15-23(18-7-11-21(27)12-8-18)28-30(24)26(32)17-33-25-6-4-3-5-20(25)16-31/h3-14,16,24H,15,17H2,1-2H3. The minimum Gasteiger partial charge on any atom is -0.483 e. The van der Waals surface area contributed by atoms with E-state index in [0.717, 1.165) is 16.8 Å². The maximum Gasteiger partial charge on any atom is 0.281 e. The molecular formula is C26H24FN3O3. The van der Waals surface area contributed by atoms with Gasteiger partial charge in [0, 0.05) is 26.2 Å². The predicted octanol–water partition coefficient (Wildman–Crippen LogP) is 4.46. The van der Waals surface area contributed by atoms with E-state index in [-0.39, 0.29) is 24.4 Å². The zero-order chi connectivity index (χ0) is 23.4. The van der Waals surface area contributed by atoms with Crippen LogP contribution in [0.3, 0.4) is 0 Å². The third-order valence-corrected chi connectivity index (χ3v) is 5.53. The van der Waals surface area contributed by atoms with Crippen LogP contribution in [0.15, 0.2) is 77.9 Å². The number of ether oxygens (including phenoxy) is 1. The summed E-state index contributed by atoms with van der Waals surface area (Å²) in [5, 5.41) is 6.00. The van der Waals surface area contributed by atoms with Gasteiger partial charge in [0.25, 0.3) is 5.91 Å². The second-order valence-corrected chi connectivity index (χ2v) is 7.94. The summed E-state index contributed by atoms with van der Waals surface area (Å²) in [6.07, 6.45) is 1.18. The van der Waals surface area contributed by atoms with Crippen molar-refractivity contribution in [1.82, 2.24) is 5.01 Å². The van der Waals surface area contributed by atoms with Crippen LogP contribution < -0.4 is 9.64 Å². The van der Waals surface area contributed by atoms with Gasteiger partial charge in [0.05, 0.1) is 17.3 Å². The van der Waals surface area contributed by atoms with Crippen LogP contribution in [0.25, 0.3) is 0 Å². The Labute approximate surface area is 191 Å². The van der Waals surface area contributed by atoms with E-state index in [9.17, 15) is 14.0 Å². The summed E-state index contributed by atoms with van der Waals surface area (Å²) in [5.41, 5.74) is 3.80. The molecule has 168 valence electrons. The molecular weight excluding hydrogens is 421 g/mol. The Hall–Kier alpha value is -4.00. The molecule has 1 aliphatic rings. The molecule has 0 aliphatic carbocycles. The molecule has 1 aliphatic heterocycles. The number of hydrogen-bond donors (Lipinski definition) is 0. The zero-order valence-corrected chi connectivity index (χ0v) is 18.4.